The minimum absolute atomic E-state index is 0.0379. The molecule has 6 rings (SSSR count). The van der Waals surface area contributed by atoms with Crippen LogP contribution in [0.15, 0.2) is 48.5 Å². The zero-order valence-corrected chi connectivity index (χ0v) is 19.5. The maximum Gasteiger partial charge on any atom is 0.407 e. The fraction of sp³-hybridized carbons (Fsp3) is 0.444. The van der Waals surface area contributed by atoms with Gasteiger partial charge in [-0.15, -0.1) is 0 Å². The average Bonchev–Trinajstić information content (AvgIpc) is 3.14. The molecule has 5 atom stereocenters. The highest BCUT2D eigenvalue weighted by Crippen LogP contribution is 2.52. The van der Waals surface area contributed by atoms with Gasteiger partial charge < -0.3 is 24.8 Å². The van der Waals surface area contributed by atoms with Crippen LogP contribution in [0.1, 0.15) is 24.0 Å². The van der Waals surface area contributed by atoms with E-state index in [1.807, 2.05) is 24.3 Å². The van der Waals surface area contributed by atoms with Crippen LogP contribution in [-0.2, 0) is 19.1 Å². The first-order valence-corrected chi connectivity index (χ1v) is 12.1. The van der Waals surface area contributed by atoms with Gasteiger partial charge in [-0.2, -0.15) is 0 Å². The van der Waals surface area contributed by atoms with Crippen molar-refractivity contribution in [3.63, 3.8) is 0 Å². The molecular weight excluding hydrogens is 448 g/mol. The van der Waals surface area contributed by atoms with Gasteiger partial charge in [0.1, 0.15) is 6.61 Å². The van der Waals surface area contributed by atoms with Gasteiger partial charge in [0.05, 0.1) is 30.6 Å². The Morgan fingerprint density at radius 1 is 1.06 bits per heavy atom. The molecule has 0 spiro atoms. The Labute approximate surface area is 203 Å². The summed E-state index contributed by atoms with van der Waals surface area (Å²) in [6.07, 6.45) is -0.573. The molecule has 2 N–H and O–H groups in total. The second-order valence-electron chi connectivity index (χ2n) is 10.4. The zero-order chi connectivity index (χ0) is 24.3. The van der Waals surface area contributed by atoms with Crippen LogP contribution in [0.4, 0.5) is 4.79 Å². The Kier molecular flexibility index (Phi) is 5.11. The lowest BCUT2D eigenvalue weighted by Crippen LogP contribution is -2.54. The maximum absolute atomic E-state index is 13.4. The van der Waals surface area contributed by atoms with Crippen LogP contribution in [0.2, 0.25) is 0 Å². The van der Waals surface area contributed by atoms with Gasteiger partial charge in [0.2, 0.25) is 5.91 Å². The van der Waals surface area contributed by atoms with Crippen LogP contribution >= 0.6 is 0 Å². The molecule has 2 heterocycles. The summed E-state index contributed by atoms with van der Waals surface area (Å²) in [5.74, 6) is -1.18. The van der Waals surface area contributed by atoms with Gasteiger partial charge in [0.25, 0.3) is 0 Å². The number of ether oxygens (including phenoxy) is 2. The Morgan fingerprint density at radius 2 is 1.66 bits per heavy atom. The van der Waals surface area contributed by atoms with Gasteiger partial charge in [-0.3, -0.25) is 9.59 Å². The highest BCUT2D eigenvalue weighted by Gasteiger charge is 2.62. The minimum atomic E-state index is -0.916. The van der Waals surface area contributed by atoms with Crippen molar-refractivity contribution in [2.75, 3.05) is 32.9 Å². The molecule has 3 fully saturated rings. The first kappa shape index (κ1) is 22.1. The first-order chi connectivity index (χ1) is 16.9. The van der Waals surface area contributed by atoms with Crippen LogP contribution in [-0.4, -0.2) is 66.9 Å². The molecule has 3 unspecified atom stereocenters. The number of likely N-dealkylation sites (tertiary alicyclic amines) is 1. The zero-order valence-electron chi connectivity index (χ0n) is 19.5. The minimum Gasteiger partial charge on any atom is -0.481 e. The number of fused-ring (bicyclic) bond motifs is 4. The molecule has 4 aliphatic rings. The molecule has 2 aliphatic carbocycles. The number of aliphatic carboxylic acids is 1. The Balaban J connectivity index is 1.09. The van der Waals surface area contributed by atoms with E-state index in [-0.39, 0.29) is 49.4 Å². The highest BCUT2D eigenvalue weighted by molar-refractivity contribution is 5.86. The monoisotopic (exact) mass is 476 g/mol. The van der Waals surface area contributed by atoms with E-state index in [2.05, 4.69) is 29.6 Å². The number of nitrogens with one attached hydrogen (secondary N) is 1. The van der Waals surface area contributed by atoms with Gasteiger partial charge in [-0.25, -0.2) is 4.79 Å². The normalized spacial score (nSPS) is 30.4. The number of hydrogen-bond acceptors (Lipinski definition) is 5. The van der Waals surface area contributed by atoms with Gasteiger partial charge >= 0.3 is 12.1 Å². The molecular formula is C27H28N2O6. The van der Waals surface area contributed by atoms with Crippen molar-refractivity contribution in [2.24, 2.45) is 23.2 Å². The number of amides is 2. The lowest BCUT2D eigenvalue weighted by atomic mass is 9.83. The number of rotatable bonds is 5. The molecule has 2 amide bonds. The third-order valence-electron chi connectivity index (χ3n) is 8.35. The molecule has 0 radical (unpaired) electrons. The molecule has 2 aromatic carbocycles. The standard InChI is InChI=1S/C27H28N2O6/c1-27(25(32)29-10-19-20(11-29)23(19)24(30)31)14-34-13-22(27)28-26(33)35-12-21-17-8-4-2-6-15(17)16-7-3-5-9-18(16)21/h2-9,19-23H,10-14H2,1H3,(H,28,33)(H,30,31)/t19-,20+,22?,23?,27?. The van der Waals surface area contributed by atoms with Crippen molar-refractivity contribution in [2.45, 2.75) is 18.9 Å². The fourth-order valence-corrected chi connectivity index (χ4v) is 6.29. The molecule has 2 aromatic rings. The van der Waals surface area contributed by atoms with Crippen LogP contribution < -0.4 is 5.32 Å². The Bertz CT molecular complexity index is 1160. The van der Waals surface area contributed by atoms with Crippen molar-refractivity contribution in [1.29, 1.82) is 0 Å². The predicted octanol–water partition coefficient (Wildman–Crippen LogP) is 2.72. The van der Waals surface area contributed by atoms with Crippen molar-refractivity contribution < 1.29 is 29.0 Å². The number of benzene rings is 2. The lowest BCUT2D eigenvalue weighted by molar-refractivity contribution is -0.144. The first-order valence-electron chi connectivity index (χ1n) is 12.1. The SMILES string of the molecule is CC1(C(=O)N2C[C@@H]3C(C(=O)O)[C@@H]3C2)COCC1NC(=O)OCC1c2ccccc2-c2ccccc21. The van der Waals surface area contributed by atoms with E-state index in [9.17, 15) is 19.5 Å². The van der Waals surface area contributed by atoms with E-state index in [0.29, 0.717) is 13.1 Å². The van der Waals surface area contributed by atoms with E-state index in [4.69, 9.17) is 9.47 Å². The van der Waals surface area contributed by atoms with Crippen LogP contribution in [0.5, 0.6) is 0 Å². The highest BCUT2D eigenvalue weighted by atomic mass is 16.5. The summed E-state index contributed by atoms with van der Waals surface area (Å²) >= 11 is 0. The molecule has 8 nitrogen and oxygen atoms in total. The molecule has 182 valence electrons. The Morgan fingerprint density at radius 3 is 2.26 bits per heavy atom. The van der Waals surface area contributed by atoms with Crippen molar-refractivity contribution in [3.8, 4) is 11.1 Å². The van der Waals surface area contributed by atoms with Crippen molar-refractivity contribution in [1.82, 2.24) is 10.2 Å². The largest absolute Gasteiger partial charge is 0.481 e. The maximum atomic E-state index is 13.4. The molecule has 2 aliphatic heterocycles. The molecule has 1 saturated carbocycles. The van der Waals surface area contributed by atoms with E-state index in [1.165, 1.54) is 0 Å². The number of carboxylic acids is 1. The number of alkyl carbamates (subject to hydrolysis) is 1. The number of carboxylic acid groups (broad SMARTS) is 1. The number of piperidine rings is 1. The van der Waals surface area contributed by atoms with Crippen LogP contribution in [0, 0.1) is 23.2 Å². The number of carbonyl (C=O) groups excluding carboxylic acids is 2. The van der Waals surface area contributed by atoms with Gasteiger partial charge in [0, 0.05) is 19.0 Å². The second-order valence-corrected chi connectivity index (χ2v) is 10.4. The second kappa shape index (κ2) is 8.09. The third-order valence-corrected chi connectivity index (χ3v) is 8.35. The van der Waals surface area contributed by atoms with Gasteiger partial charge in [-0.1, -0.05) is 48.5 Å². The number of nitrogens with zero attached hydrogens (tertiary/aromatic N) is 1. The summed E-state index contributed by atoms with van der Waals surface area (Å²) in [5, 5.41) is 12.1. The Hall–Kier alpha value is -3.39. The van der Waals surface area contributed by atoms with Crippen LogP contribution in [0.25, 0.3) is 11.1 Å². The van der Waals surface area contributed by atoms with E-state index >= 15 is 0 Å². The van der Waals surface area contributed by atoms with Gasteiger partial charge in [0.15, 0.2) is 0 Å². The lowest BCUT2D eigenvalue weighted by Gasteiger charge is -2.33. The summed E-state index contributed by atoms with van der Waals surface area (Å²) in [7, 11) is 0. The van der Waals surface area contributed by atoms with Crippen molar-refractivity contribution >= 4 is 18.0 Å². The topological polar surface area (TPSA) is 105 Å². The number of hydrogen-bond donors (Lipinski definition) is 2. The smallest absolute Gasteiger partial charge is 0.407 e. The average molecular weight is 477 g/mol. The molecule has 0 bridgehead atoms. The summed E-state index contributed by atoms with van der Waals surface area (Å²) in [6.45, 7) is 3.33. The molecule has 0 aromatic heterocycles. The predicted molar refractivity (Wildman–Crippen MR) is 126 cm³/mol. The van der Waals surface area contributed by atoms with E-state index in [1.54, 1.807) is 11.8 Å². The van der Waals surface area contributed by atoms with Crippen molar-refractivity contribution in [3.05, 3.63) is 59.7 Å². The fourth-order valence-electron chi connectivity index (χ4n) is 6.29. The molecule has 2 saturated heterocycles. The van der Waals surface area contributed by atoms with E-state index in [0.717, 1.165) is 22.3 Å². The summed E-state index contributed by atoms with van der Waals surface area (Å²) in [4.78, 5) is 39.1. The van der Waals surface area contributed by atoms with Crippen LogP contribution in [0.3, 0.4) is 0 Å². The van der Waals surface area contributed by atoms with Gasteiger partial charge in [-0.05, 0) is 41.0 Å². The van der Waals surface area contributed by atoms with E-state index < -0.39 is 23.5 Å². The summed E-state index contributed by atoms with van der Waals surface area (Å²) in [6, 6.07) is 15.8. The molecule has 35 heavy (non-hydrogen) atoms. The molecule has 8 heteroatoms. The summed E-state index contributed by atoms with van der Waals surface area (Å²) in [5.41, 5.74) is 3.68. The summed E-state index contributed by atoms with van der Waals surface area (Å²) < 4.78 is 11.3. The number of carbonyl (C=O) groups is 3. The third kappa shape index (κ3) is 3.50. The quantitative estimate of drug-likeness (QED) is 0.688.